The number of aromatic nitrogens is 2. The Labute approximate surface area is 165 Å². The topological polar surface area (TPSA) is 68.6 Å². The quantitative estimate of drug-likeness (QED) is 0.877. The van der Waals surface area contributed by atoms with Crippen molar-refractivity contribution < 1.29 is 14.3 Å². The minimum absolute atomic E-state index is 0.277. The Kier molecular flexibility index (Phi) is 4.79. The Hall–Kier alpha value is -2.54. The number of amides is 1. The average Bonchev–Trinajstić information content (AvgIpc) is 3.33. The molecule has 7 nitrogen and oxygen atoms in total. The van der Waals surface area contributed by atoms with E-state index in [2.05, 4.69) is 22.4 Å². The fourth-order valence-corrected chi connectivity index (χ4v) is 3.75. The summed E-state index contributed by atoms with van der Waals surface area (Å²) >= 11 is 0. The summed E-state index contributed by atoms with van der Waals surface area (Å²) in [5.74, 6) is 0. The summed E-state index contributed by atoms with van der Waals surface area (Å²) in [6.45, 7) is 8.26. The van der Waals surface area contributed by atoms with Crippen molar-refractivity contribution >= 4 is 11.8 Å². The summed E-state index contributed by atoms with van der Waals surface area (Å²) in [6, 6.07) is 4.61. The van der Waals surface area contributed by atoms with Gasteiger partial charge in [-0.15, -0.1) is 0 Å². The van der Waals surface area contributed by atoms with E-state index in [0.29, 0.717) is 25.7 Å². The van der Waals surface area contributed by atoms with E-state index in [1.54, 1.807) is 11.2 Å². The van der Waals surface area contributed by atoms with Crippen LogP contribution in [-0.2, 0) is 29.6 Å². The summed E-state index contributed by atoms with van der Waals surface area (Å²) in [5.41, 5.74) is 4.99. The number of ether oxygens (including phenoxy) is 2. The molecular weight excluding hydrogens is 356 g/mol. The number of rotatable bonds is 3. The maximum absolute atomic E-state index is 12.6. The molecule has 1 saturated heterocycles. The second-order valence-electron chi connectivity index (χ2n) is 8.59. The SMILES string of the molecule is Cn1cncc1-c1cc2c(c(N[C@H]3CCOC3)c1)CN(C(=O)OC(C)(C)C)C2. The van der Waals surface area contributed by atoms with Crippen LogP contribution in [0.2, 0.25) is 0 Å². The molecule has 0 bridgehead atoms. The van der Waals surface area contributed by atoms with Crippen molar-refractivity contribution in [2.45, 2.75) is 51.9 Å². The lowest BCUT2D eigenvalue weighted by Gasteiger charge is -2.24. The zero-order valence-corrected chi connectivity index (χ0v) is 17.0. The molecule has 1 aromatic carbocycles. The van der Waals surface area contributed by atoms with Gasteiger partial charge in [0.05, 0.1) is 37.4 Å². The van der Waals surface area contributed by atoms with Crippen LogP contribution in [0.4, 0.5) is 10.5 Å². The molecule has 150 valence electrons. The van der Waals surface area contributed by atoms with Crippen LogP contribution in [-0.4, -0.2) is 45.4 Å². The van der Waals surface area contributed by atoms with Gasteiger partial charge >= 0.3 is 6.09 Å². The van der Waals surface area contributed by atoms with E-state index in [-0.39, 0.29) is 6.09 Å². The first-order valence-electron chi connectivity index (χ1n) is 9.75. The molecule has 1 atom stereocenters. The number of hydrogen-bond acceptors (Lipinski definition) is 5. The minimum Gasteiger partial charge on any atom is -0.444 e. The van der Waals surface area contributed by atoms with Gasteiger partial charge in [-0.05, 0) is 50.5 Å². The predicted octanol–water partition coefficient (Wildman–Crippen LogP) is 3.54. The minimum atomic E-state index is -0.506. The van der Waals surface area contributed by atoms with Crippen molar-refractivity contribution in [2.75, 3.05) is 18.5 Å². The lowest BCUT2D eigenvalue weighted by atomic mass is 10.0. The molecule has 1 aromatic heterocycles. The molecule has 1 fully saturated rings. The Balaban J connectivity index is 1.66. The Morgan fingerprint density at radius 2 is 2.14 bits per heavy atom. The maximum atomic E-state index is 12.6. The number of benzene rings is 1. The maximum Gasteiger partial charge on any atom is 0.410 e. The van der Waals surface area contributed by atoms with Gasteiger partial charge in [-0.25, -0.2) is 9.78 Å². The average molecular weight is 384 g/mol. The Morgan fingerprint density at radius 3 is 2.79 bits per heavy atom. The number of nitrogens with one attached hydrogen (secondary N) is 1. The summed E-state index contributed by atoms with van der Waals surface area (Å²) in [5, 5.41) is 3.64. The summed E-state index contributed by atoms with van der Waals surface area (Å²) in [4.78, 5) is 18.6. The van der Waals surface area contributed by atoms with Crippen molar-refractivity contribution in [3.05, 3.63) is 35.8 Å². The molecule has 1 N–H and O–H groups in total. The van der Waals surface area contributed by atoms with Crippen molar-refractivity contribution in [1.82, 2.24) is 14.5 Å². The van der Waals surface area contributed by atoms with Crippen LogP contribution in [0.5, 0.6) is 0 Å². The highest BCUT2D eigenvalue weighted by molar-refractivity contribution is 5.74. The van der Waals surface area contributed by atoms with E-state index in [4.69, 9.17) is 9.47 Å². The van der Waals surface area contributed by atoms with Crippen LogP contribution in [0.25, 0.3) is 11.3 Å². The Morgan fingerprint density at radius 1 is 1.32 bits per heavy atom. The first-order valence-corrected chi connectivity index (χ1v) is 9.75. The van der Waals surface area contributed by atoms with Crippen LogP contribution in [0.1, 0.15) is 38.3 Å². The molecule has 3 heterocycles. The smallest absolute Gasteiger partial charge is 0.410 e. The van der Waals surface area contributed by atoms with E-state index in [1.807, 2.05) is 38.6 Å². The van der Waals surface area contributed by atoms with Crippen molar-refractivity contribution in [2.24, 2.45) is 7.05 Å². The molecule has 0 aliphatic carbocycles. The number of anilines is 1. The van der Waals surface area contributed by atoms with Gasteiger partial charge in [0.2, 0.25) is 0 Å². The number of imidazole rings is 1. The summed E-state index contributed by atoms with van der Waals surface area (Å²) in [6.07, 6.45) is 4.37. The first-order chi connectivity index (χ1) is 13.3. The normalized spacial score (nSPS) is 19.0. The summed E-state index contributed by atoms with van der Waals surface area (Å²) in [7, 11) is 1.99. The lowest BCUT2D eigenvalue weighted by molar-refractivity contribution is 0.0242. The fourth-order valence-electron chi connectivity index (χ4n) is 3.75. The number of fused-ring (bicyclic) bond motifs is 1. The molecule has 2 aliphatic heterocycles. The zero-order valence-electron chi connectivity index (χ0n) is 17.0. The Bertz CT molecular complexity index is 878. The van der Waals surface area contributed by atoms with Crippen LogP contribution >= 0.6 is 0 Å². The highest BCUT2D eigenvalue weighted by Crippen LogP contribution is 2.36. The highest BCUT2D eigenvalue weighted by Gasteiger charge is 2.31. The second-order valence-corrected chi connectivity index (χ2v) is 8.59. The van der Waals surface area contributed by atoms with Crippen LogP contribution in [0, 0.1) is 0 Å². The van der Waals surface area contributed by atoms with Crippen molar-refractivity contribution in [1.29, 1.82) is 0 Å². The van der Waals surface area contributed by atoms with Gasteiger partial charge in [0.15, 0.2) is 0 Å². The van der Waals surface area contributed by atoms with Gasteiger partial charge in [-0.1, -0.05) is 0 Å². The largest absolute Gasteiger partial charge is 0.444 e. The van der Waals surface area contributed by atoms with E-state index in [0.717, 1.165) is 41.1 Å². The molecule has 2 aliphatic rings. The summed E-state index contributed by atoms with van der Waals surface area (Å²) < 4.78 is 13.1. The highest BCUT2D eigenvalue weighted by atomic mass is 16.6. The van der Waals surface area contributed by atoms with Gasteiger partial charge in [-0.2, -0.15) is 0 Å². The van der Waals surface area contributed by atoms with Crippen LogP contribution in [0.3, 0.4) is 0 Å². The van der Waals surface area contributed by atoms with Gasteiger partial charge in [0, 0.05) is 31.5 Å². The van der Waals surface area contributed by atoms with Crippen LogP contribution < -0.4 is 5.32 Å². The number of carbonyl (C=O) groups excluding carboxylic acids is 1. The fraction of sp³-hybridized carbons (Fsp3) is 0.524. The monoisotopic (exact) mass is 384 g/mol. The molecule has 0 unspecified atom stereocenters. The molecule has 0 saturated carbocycles. The zero-order chi connectivity index (χ0) is 19.9. The molecule has 1 amide bonds. The molecule has 0 radical (unpaired) electrons. The number of hydrogen-bond donors (Lipinski definition) is 1. The van der Waals surface area contributed by atoms with Gasteiger partial charge in [-0.3, -0.25) is 4.90 Å². The molecule has 0 spiro atoms. The van der Waals surface area contributed by atoms with Gasteiger partial charge < -0.3 is 19.4 Å². The molecule has 28 heavy (non-hydrogen) atoms. The molecular formula is C21H28N4O3. The van der Waals surface area contributed by atoms with E-state index in [1.165, 1.54) is 0 Å². The van der Waals surface area contributed by atoms with Gasteiger partial charge in [0.1, 0.15) is 5.60 Å². The van der Waals surface area contributed by atoms with E-state index in [9.17, 15) is 4.79 Å². The number of nitrogens with zero attached hydrogens (tertiary/aromatic N) is 3. The van der Waals surface area contributed by atoms with Crippen molar-refractivity contribution in [3.63, 3.8) is 0 Å². The third kappa shape index (κ3) is 3.85. The molecule has 2 aromatic rings. The van der Waals surface area contributed by atoms with Crippen molar-refractivity contribution in [3.8, 4) is 11.3 Å². The number of carbonyl (C=O) groups is 1. The number of aryl methyl sites for hydroxylation is 1. The lowest BCUT2D eigenvalue weighted by Crippen LogP contribution is -2.33. The first kappa shape index (κ1) is 18.8. The van der Waals surface area contributed by atoms with Gasteiger partial charge in [0.25, 0.3) is 0 Å². The third-order valence-corrected chi connectivity index (χ3v) is 5.11. The molecule has 4 rings (SSSR count). The molecule has 7 heteroatoms. The van der Waals surface area contributed by atoms with Crippen LogP contribution in [0.15, 0.2) is 24.7 Å². The van der Waals surface area contributed by atoms with E-state index < -0.39 is 5.60 Å². The second kappa shape index (κ2) is 7.13. The standard InChI is InChI=1S/C21H28N4O3/c1-21(2,3)28-20(26)25-10-15-7-14(19-9-22-13-24(19)4)8-18(17(15)11-25)23-16-5-6-27-12-16/h7-9,13,16,23H,5-6,10-12H2,1-4H3/t16-/m0/s1. The predicted molar refractivity (Wildman–Crippen MR) is 107 cm³/mol. The third-order valence-electron chi connectivity index (χ3n) is 5.11. The van der Waals surface area contributed by atoms with E-state index >= 15 is 0 Å².